The second kappa shape index (κ2) is 5.23. The highest BCUT2D eigenvalue weighted by atomic mass is 35.5. The zero-order valence-corrected chi connectivity index (χ0v) is 8.58. The second-order valence-corrected chi connectivity index (χ2v) is 4.30. The van der Waals surface area contributed by atoms with Crippen LogP contribution in [0.2, 0.25) is 0 Å². The molecule has 0 aromatic carbocycles. The molecule has 0 aliphatic carbocycles. The van der Waals surface area contributed by atoms with Crippen LogP contribution in [0.4, 0.5) is 0 Å². The molecule has 11 heavy (non-hydrogen) atoms. The van der Waals surface area contributed by atoms with Crippen LogP contribution in [0.25, 0.3) is 0 Å². The van der Waals surface area contributed by atoms with Gasteiger partial charge in [0.1, 0.15) is 0 Å². The van der Waals surface area contributed by atoms with Crippen molar-refractivity contribution in [3.63, 3.8) is 0 Å². The van der Waals surface area contributed by atoms with Gasteiger partial charge in [-0.2, -0.15) is 0 Å². The van der Waals surface area contributed by atoms with Gasteiger partial charge < -0.3 is 0 Å². The first-order chi connectivity index (χ1) is 5.02. The topological polar surface area (TPSA) is 19.9 Å². The minimum atomic E-state index is -0.476. The van der Waals surface area contributed by atoms with E-state index in [4.69, 9.17) is 23.2 Å². The van der Waals surface area contributed by atoms with Gasteiger partial charge in [0.2, 0.25) is 0 Å². The molecule has 3 heteroatoms. The molecule has 0 N–H and O–H groups in total. The Hall–Kier alpha value is 0.540. The van der Waals surface area contributed by atoms with Crippen LogP contribution in [-0.2, 0) is 5.11 Å². The summed E-state index contributed by atoms with van der Waals surface area (Å²) in [5.74, 6) is 0.408. The average Bonchev–Trinajstić information content (AvgIpc) is 2.00. The summed E-state index contributed by atoms with van der Waals surface area (Å²) in [5, 5.41) is 11.0. The van der Waals surface area contributed by atoms with E-state index in [0.717, 1.165) is 0 Å². The normalized spacial score (nSPS) is 19.4. The zero-order chi connectivity index (χ0) is 8.91. The van der Waals surface area contributed by atoms with Crippen LogP contribution in [0.1, 0.15) is 33.1 Å². The van der Waals surface area contributed by atoms with Crippen molar-refractivity contribution in [1.82, 2.24) is 0 Å². The van der Waals surface area contributed by atoms with Gasteiger partial charge in [-0.15, -0.1) is 23.2 Å². The number of alkyl halides is 2. The van der Waals surface area contributed by atoms with Crippen LogP contribution in [0.15, 0.2) is 0 Å². The van der Waals surface area contributed by atoms with Gasteiger partial charge in [0.25, 0.3) is 0 Å². The quantitative estimate of drug-likeness (QED) is 0.604. The Morgan fingerprint density at radius 2 is 2.09 bits per heavy atom. The predicted molar refractivity (Wildman–Crippen MR) is 49.0 cm³/mol. The predicted octanol–water partition coefficient (Wildman–Crippen LogP) is 3.21. The van der Waals surface area contributed by atoms with Gasteiger partial charge in [0.05, 0.1) is 11.0 Å². The highest BCUT2D eigenvalue weighted by Gasteiger charge is 2.20. The van der Waals surface area contributed by atoms with Crippen LogP contribution >= 0.6 is 23.2 Å². The molecule has 0 aromatic heterocycles. The van der Waals surface area contributed by atoms with Gasteiger partial charge in [0, 0.05) is 5.88 Å². The fraction of sp³-hybridized carbons (Fsp3) is 1.00. The maximum Gasteiger partial charge on any atom is 0.0928 e. The monoisotopic (exact) mass is 197 g/mol. The van der Waals surface area contributed by atoms with Gasteiger partial charge >= 0.3 is 0 Å². The molecule has 0 saturated heterocycles. The molecule has 0 aliphatic rings. The van der Waals surface area contributed by atoms with E-state index in [9.17, 15) is 5.11 Å². The second-order valence-electron chi connectivity index (χ2n) is 3.12. The molecule has 0 aromatic rings. The Balaban J connectivity index is 3.52. The van der Waals surface area contributed by atoms with Crippen LogP contribution in [0.3, 0.4) is 0 Å². The molecule has 67 valence electrons. The summed E-state index contributed by atoms with van der Waals surface area (Å²) >= 11 is 11.5. The Morgan fingerprint density at radius 1 is 1.55 bits per heavy atom. The molecule has 0 bridgehead atoms. The molecule has 0 amide bonds. The molecule has 2 atom stereocenters. The first-order valence-electron chi connectivity index (χ1n) is 3.92. The molecule has 0 saturated carbocycles. The summed E-state index contributed by atoms with van der Waals surface area (Å²) in [5.41, 5.74) is 0. The van der Waals surface area contributed by atoms with E-state index >= 15 is 0 Å². The molecule has 0 spiro atoms. The SMILES string of the molecule is CCC([O])CCC(C)(Cl)CCl. The Labute approximate surface area is 78.7 Å². The summed E-state index contributed by atoms with van der Waals surface area (Å²) in [6.45, 7) is 3.76. The molecule has 1 radical (unpaired) electrons. The van der Waals surface area contributed by atoms with Gasteiger partial charge in [-0.05, 0) is 26.2 Å². The van der Waals surface area contributed by atoms with Gasteiger partial charge in [-0.3, -0.25) is 0 Å². The summed E-state index contributed by atoms with van der Waals surface area (Å²) in [4.78, 5) is -0.389. The van der Waals surface area contributed by atoms with E-state index in [1.165, 1.54) is 0 Å². The first kappa shape index (κ1) is 11.5. The summed E-state index contributed by atoms with van der Waals surface area (Å²) in [6, 6.07) is 0. The summed E-state index contributed by atoms with van der Waals surface area (Å²) < 4.78 is 0. The van der Waals surface area contributed by atoms with Crippen molar-refractivity contribution >= 4 is 23.2 Å². The fourth-order valence-corrected chi connectivity index (χ4v) is 0.976. The first-order valence-corrected chi connectivity index (χ1v) is 4.84. The third kappa shape index (κ3) is 5.77. The summed E-state index contributed by atoms with van der Waals surface area (Å²) in [7, 11) is 0. The van der Waals surface area contributed by atoms with E-state index in [1.807, 2.05) is 13.8 Å². The lowest BCUT2D eigenvalue weighted by Crippen LogP contribution is -2.20. The van der Waals surface area contributed by atoms with E-state index in [0.29, 0.717) is 25.1 Å². The van der Waals surface area contributed by atoms with E-state index in [1.54, 1.807) is 0 Å². The van der Waals surface area contributed by atoms with Crippen molar-refractivity contribution < 1.29 is 5.11 Å². The number of rotatable bonds is 5. The lowest BCUT2D eigenvalue weighted by molar-refractivity contribution is 0.0741. The zero-order valence-electron chi connectivity index (χ0n) is 7.07. The minimum absolute atomic E-state index is 0.389. The van der Waals surface area contributed by atoms with Gasteiger partial charge in [0.15, 0.2) is 0 Å². The Kier molecular flexibility index (Phi) is 5.49. The Bertz CT molecular complexity index is 104. The van der Waals surface area contributed by atoms with Crippen molar-refractivity contribution in [1.29, 1.82) is 0 Å². The lowest BCUT2D eigenvalue weighted by Gasteiger charge is -2.18. The average molecular weight is 198 g/mol. The smallest absolute Gasteiger partial charge is 0.0928 e. The molecule has 0 heterocycles. The van der Waals surface area contributed by atoms with Gasteiger partial charge in [-0.1, -0.05) is 6.92 Å². The minimum Gasteiger partial charge on any atom is -0.233 e. The van der Waals surface area contributed by atoms with Crippen LogP contribution in [-0.4, -0.2) is 16.9 Å². The van der Waals surface area contributed by atoms with E-state index < -0.39 is 6.10 Å². The van der Waals surface area contributed by atoms with Crippen molar-refractivity contribution in [3.8, 4) is 0 Å². The molecule has 0 aliphatic heterocycles. The molecule has 2 unspecified atom stereocenters. The van der Waals surface area contributed by atoms with Crippen LogP contribution < -0.4 is 0 Å². The molecule has 1 nitrogen and oxygen atoms in total. The highest BCUT2D eigenvalue weighted by Crippen LogP contribution is 2.23. The van der Waals surface area contributed by atoms with Crippen LogP contribution in [0, 0.1) is 0 Å². The van der Waals surface area contributed by atoms with E-state index in [2.05, 4.69) is 0 Å². The third-order valence-corrected chi connectivity index (χ3v) is 2.77. The molecular formula is C8H15Cl2O. The third-order valence-electron chi connectivity index (χ3n) is 1.72. The summed E-state index contributed by atoms with van der Waals surface area (Å²) in [6.07, 6.45) is 1.54. The van der Waals surface area contributed by atoms with Crippen molar-refractivity contribution in [2.75, 3.05) is 5.88 Å². The van der Waals surface area contributed by atoms with E-state index in [-0.39, 0.29) is 4.87 Å². The molecular weight excluding hydrogens is 183 g/mol. The van der Waals surface area contributed by atoms with Gasteiger partial charge in [-0.25, -0.2) is 5.11 Å². The van der Waals surface area contributed by atoms with Crippen molar-refractivity contribution in [3.05, 3.63) is 0 Å². The maximum atomic E-state index is 11.0. The Morgan fingerprint density at radius 3 is 2.45 bits per heavy atom. The molecule has 0 rings (SSSR count). The van der Waals surface area contributed by atoms with Crippen molar-refractivity contribution in [2.45, 2.75) is 44.1 Å². The number of hydrogen-bond donors (Lipinski definition) is 0. The van der Waals surface area contributed by atoms with Crippen LogP contribution in [0.5, 0.6) is 0 Å². The number of hydrogen-bond acceptors (Lipinski definition) is 0. The number of halogens is 2. The fourth-order valence-electron chi connectivity index (χ4n) is 0.733. The standard InChI is InChI=1S/C8H15Cl2O/c1-3-7(11)4-5-8(2,10)6-9/h7H,3-6H2,1-2H3. The maximum absolute atomic E-state index is 11.0. The molecule has 0 fully saturated rings. The van der Waals surface area contributed by atoms with Crippen molar-refractivity contribution in [2.24, 2.45) is 0 Å². The largest absolute Gasteiger partial charge is 0.233 e. The lowest BCUT2D eigenvalue weighted by atomic mass is 10.0. The highest BCUT2D eigenvalue weighted by molar-refractivity contribution is 6.30.